The first-order valence-corrected chi connectivity index (χ1v) is 14.6. The Hall–Kier alpha value is 5.71. The molecule has 0 saturated carbocycles. The number of hydrogen-bond donors (Lipinski definition) is 0. The summed E-state index contributed by atoms with van der Waals surface area (Å²) in [5.41, 5.74) is 0. The number of hydrogen-bond acceptors (Lipinski definition) is 2. The van der Waals surface area contributed by atoms with Crippen LogP contribution >= 0.6 is 207 Å². The van der Waals surface area contributed by atoms with Gasteiger partial charge in [0.1, 0.15) is 9.70 Å². The van der Waals surface area contributed by atoms with Crippen LogP contribution in [0.25, 0.3) is 0 Å². The molecule has 0 aromatic rings. The molecule has 131 valence electrons. The topological polar surface area (TPSA) is 26.3 Å². The van der Waals surface area contributed by atoms with Crippen molar-refractivity contribution in [1.82, 2.24) is 0 Å². The number of halogens is 13. The largest absolute Gasteiger partial charge is 0.426 e. The summed E-state index contributed by atoms with van der Waals surface area (Å²) < 4.78 is -1.36. The molecular weight excluding hydrogens is 1150 g/mol. The van der Waals surface area contributed by atoms with Crippen LogP contribution in [0.5, 0.6) is 0 Å². The van der Waals surface area contributed by atoms with Gasteiger partial charge in [0.15, 0.2) is 5.38 Å². The Kier molecular flexibility index (Phi) is 11.6. The van der Waals surface area contributed by atoms with Crippen LogP contribution in [0.4, 0.5) is 0 Å². The van der Waals surface area contributed by atoms with Gasteiger partial charge >= 0.3 is 6.47 Å². The molecule has 1 radical (unpaired) electrons. The quantitative estimate of drug-likeness (QED) is 0.248. The van der Waals surface area contributed by atoms with E-state index in [1.54, 1.807) is 0 Å². The fourth-order valence-electron chi connectivity index (χ4n) is 0.872. The lowest BCUT2D eigenvalue weighted by atomic mass is 10.2. The van der Waals surface area contributed by atoms with Gasteiger partial charge in [-0.2, -0.15) is 0 Å². The predicted octanol–water partition coefficient (Wildman–Crippen LogP) is 9.30. The van der Waals surface area contributed by atoms with Gasteiger partial charge < -0.3 is 4.74 Å². The van der Waals surface area contributed by atoms with Crippen LogP contribution < -0.4 is 0 Å². The molecule has 0 rings (SSSR count). The van der Waals surface area contributed by atoms with Gasteiger partial charge in [-0.05, 0) is 31.9 Å². The minimum absolute atomic E-state index is 0.797. The fraction of sp³-hybridized carbons (Fsp3) is 0.857. The van der Waals surface area contributed by atoms with Gasteiger partial charge in [-0.3, -0.25) is 0 Å². The van der Waals surface area contributed by atoms with Crippen LogP contribution in [0.2, 0.25) is 0 Å². The molecule has 0 N–H and O–H groups in total. The number of rotatable bonds is 6. The van der Waals surface area contributed by atoms with Crippen LogP contribution in [0.15, 0.2) is 0 Å². The summed E-state index contributed by atoms with van der Waals surface area (Å²) in [5.74, 6) is 0. The van der Waals surface area contributed by atoms with Gasteiger partial charge in [0.25, 0.3) is 0 Å². The number of carbonyl (C=O) groups excluding carboxylic acids is 1. The van der Waals surface area contributed by atoms with Crippen LogP contribution in [0, 0.1) is 0 Å². The van der Waals surface area contributed by atoms with Crippen molar-refractivity contribution in [3.8, 4) is 0 Å². The van der Waals surface area contributed by atoms with Crippen molar-refractivity contribution in [2.75, 3.05) is 0 Å². The summed E-state index contributed by atoms with van der Waals surface area (Å²) in [6.45, 7) is 1.38. The molecule has 0 bridgehead atoms. The second-order valence-electron chi connectivity index (χ2n) is 3.50. The number of alkyl halides is 13. The summed E-state index contributed by atoms with van der Waals surface area (Å²) in [6, 6.07) is 0. The van der Waals surface area contributed by atoms with E-state index in [4.69, 9.17) is 4.74 Å². The monoisotopic (exact) mass is 1140 g/mol. The maximum Gasteiger partial charge on any atom is 0.419 e. The Morgan fingerprint density at radius 1 is 0.545 bits per heavy atom. The summed E-state index contributed by atoms with van der Waals surface area (Å²) >= 11 is 45.6. The molecule has 0 amide bonds. The van der Waals surface area contributed by atoms with E-state index in [-0.39, 0.29) is 0 Å². The Morgan fingerprint density at radius 3 is 1.14 bits per heavy atom. The van der Waals surface area contributed by atoms with Crippen molar-refractivity contribution in [2.24, 2.45) is 0 Å². The molecule has 0 saturated heterocycles. The molecule has 0 aromatic carbocycles. The standard InChI is InChI=1S/C7Br13O2/c8-2(9,4(12,13)6(16,17)18)3(10,11)5(14,15)7(19,20)22-1-21. The van der Waals surface area contributed by atoms with Crippen molar-refractivity contribution in [3.63, 3.8) is 0 Å². The molecule has 0 unspecified atom stereocenters. The highest BCUT2D eigenvalue weighted by molar-refractivity contribution is 9.42. The highest BCUT2D eigenvalue weighted by atomic mass is 80.0. The third kappa shape index (κ3) is 5.24. The van der Waals surface area contributed by atoms with Gasteiger partial charge in [0, 0.05) is 0 Å². The van der Waals surface area contributed by atoms with Crippen molar-refractivity contribution in [3.05, 3.63) is 0 Å². The van der Waals surface area contributed by atoms with E-state index in [1.165, 1.54) is 6.47 Å². The van der Waals surface area contributed by atoms with E-state index in [9.17, 15) is 4.79 Å². The predicted molar refractivity (Wildman–Crippen MR) is 139 cm³/mol. The van der Waals surface area contributed by atoms with Gasteiger partial charge in [-0.15, -0.1) is 0 Å². The Morgan fingerprint density at radius 2 is 0.864 bits per heavy atom. The average molecular weight is 1150 g/mol. The first kappa shape index (κ1) is 27.7. The SMILES string of the molecule is O=[C]OC(Br)(Br)C(Br)(Br)C(Br)(Br)C(Br)(Br)C(Br)(Br)C(Br)(Br)Br. The molecule has 0 spiro atoms. The summed E-state index contributed by atoms with van der Waals surface area (Å²) in [4.78, 5) is 10.7. The molecule has 0 heterocycles. The molecule has 0 aromatic heterocycles. The van der Waals surface area contributed by atoms with Gasteiger partial charge in [-0.1, -0.05) is 175 Å². The molecular formula is C7Br13O2. The minimum Gasteiger partial charge on any atom is -0.426 e. The highest BCUT2D eigenvalue weighted by Crippen LogP contribution is 2.74. The fourth-order valence-corrected chi connectivity index (χ4v) is 11.0. The third-order valence-electron chi connectivity index (χ3n) is 2.07. The second-order valence-corrected chi connectivity index (χ2v) is 27.3. The van der Waals surface area contributed by atoms with Crippen LogP contribution in [-0.2, 0) is 9.53 Å². The molecule has 0 fully saturated rings. The number of ether oxygens (including phenoxy) is 1. The Bertz CT molecular complexity index is 423. The summed E-state index contributed by atoms with van der Waals surface area (Å²) in [7, 11) is 0. The van der Waals surface area contributed by atoms with Crippen LogP contribution in [-0.4, -0.2) is 25.0 Å². The minimum atomic E-state index is -1.38. The van der Waals surface area contributed by atoms with Crippen LogP contribution in [0.1, 0.15) is 0 Å². The Balaban J connectivity index is 6.16. The summed E-state index contributed by atoms with van der Waals surface area (Å²) in [5, 5.41) is 0. The molecule has 0 aliphatic rings. The second kappa shape index (κ2) is 9.24. The van der Waals surface area contributed by atoms with E-state index in [2.05, 4.69) is 207 Å². The first-order chi connectivity index (χ1) is 9.31. The lowest BCUT2D eigenvalue weighted by Gasteiger charge is -2.53. The van der Waals surface area contributed by atoms with Crippen molar-refractivity contribution in [1.29, 1.82) is 0 Å². The van der Waals surface area contributed by atoms with E-state index in [1.807, 2.05) is 0 Å². The highest BCUT2D eigenvalue weighted by Gasteiger charge is 2.74. The van der Waals surface area contributed by atoms with E-state index >= 15 is 0 Å². The Labute approximate surface area is 236 Å². The third-order valence-corrected chi connectivity index (χ3v) is 26.5. The van der Waals surface area contributed by atoms with E-state index < -0.39 is 18.5 Å². The zero-order chi connectivity index (χ0) is 18.4. The lowest BCUT2D eigenvalue weighted by molar-refractivity contribution is 0.224. The average Bonchev–Trinajstić information content (AvgIpc) is 2.26. The van der Waals surface area contributed by atoms with Crippen LogP contribution in [0.3, 0.4) is 0 Å². The molecule has 2 nitrogen and oxygen atoms in total. The maximum absolute atomic E-state index is 10.7. The van der Waals surface area contributed by atoms with Crippen molar-refractivity contribution in [2.45, 2.75) is 18.5 Å². The lowest BCUT2D eigenvalue weighted by Crippen LogP contribution is -2.63. The molecule has 0 atom stereocenters. The van der Waals surface area contributed by atoms with Gasteiger partial charge in [0.05, 0.1) is 0 Å². The summed E-state index contributed by atoms with van der Waals surface area (Å²) in [6.07, 6.45) is 0. The first-order valence-electron chi connectivity index (χ1n) is 4.32. The maximum atomic E-state index is 10.7. The molecule has 0 aliphatic heterocycles. The zero-order valence-electron chi connectivity index (χ0n) is 9.23. The molecule has 22 heavy (non-hydrogen) atoms. The zero-order valence-corrected chi connectivity index (χ0v) is 29.8. The smallest absolute Gasteiger partial charge is 0.419 e. The molecule has 15 heteroatoms. The molecule has 0 aliphatic carbocycles. The van der Waals surface area contributed by atoms with Gasteiger partial charge in [0.2, 0.25) is 3.42 Å². The van der Waals surface area contributed by atoms with E-state index in [0.29, 0.717) is 0 Å². The van der Waals surface area contributed by atoms with E-state index in [0.717, 1.165) is 0 Å². The normalized spacial score (nSPS) is 15.7. The van der Waals surface area contributed by atoms with Gasteiger partial charge in [-0.25, -0.2) is 4.79 Å². The van der Waals surface area contributed by atoms with Crippen molar-refractivity contribution < 1.29 is 9.53 Å². The van der Waals surface area contributed by atoms with Crippen molar-refractivity contribution >= 4 is 214 Å².